The summed E-state index contributed by atoms with van der Waals surface area (Å²) in [5.74, 6) is 0.410. The molecule has 2 aliphatic heterocycles. The van der Waals surface area contributed by atoms with E-state index < -0.39 is 0 Å². The molecule has 1 atom stereocenters. The second-order valence-corrected chi connectivity index (χ2v) is 8.50. The quantitative estimate of drug-likeness (QED) is 0.795. The zero-order valence-corrected chi connectivity index (χ0v) is 16.9. The smallest absolute Gasteiger partial charge is 0.236 e. The summed E-state index contributed by atoms with van der Waals surface area (Å²) in [4.78, 5) is 35.7. The third kappa shape index (κ3) is 4.86. The molecule has 3 rings (SSSR count). The van der Waals surface area contributed by atoms with Gasteiger partial charge in [-0.3, -0.25) is 19.5 Å². The molecule has 0 bridgehead atoms. The monoisotopic (exact) mass is 372 g/mol. The van der Waals surface area contributed by atoms with Crippen LogP contribution in [0.25, 0.3) is 0 Å². The standard InChI is InChI=1S/C21H32N4O2/c1-17(2)23(3)14-20(27)24-12-6-9-21(15-24)10-8-19(26)25(16-21)13-18-7-4-5-11-22-18/h4-5,7,11,17H,6,8-10,12-16H2,1-3H3. The van der Waals surface area contributed by atoms with Gasteiger partial charge in [0.25, 0.3) is 0 Å². The van der Waals surface area contributed by atoms with Gasteiger partial charge in [-0.05, 0) is 52.3 Å². The van der Waals surface area contributed by atoms with E-state index in [2.05, 4.69) is 23.7 Å². The lowest BCUT2D eigenvalue weighted by Crippen LogP contribution is -2.56. The van der Waals surface area contributed by atoms with Crippen LogP contribution >= 0.6 is 0 Å². The van der Waals surface area contributed by atoms with Crippen molar-refractivity contribution < 1.29 is 9.59 Å². The van der Waals surface area contributed by atoms with Gasteiger partial charge in [0.05, 0.1) is 18.8 Å². The Morgan fingerprint density at radius 1 is 1.30 bits per heavy atom. The minimum atomic E-state index is 0.0347. The van der Waals surface area contributed by atoms with Gasteiger partial charge in [0, 0.05) is 43.7 Å². The molecule has 27 heavy (non-hydrogen) atoms. The lowest BCUT2D eigenvalue weighted by Gasteiger charge is -2.48. The van der Waals surface area contributed by atoms with E-state index in [0.29, 0.717) is 25.6 Å². The number of nitrogens with zero attached hydrogens (tertiary/aromatic N) is 4. The van der Waals surface area contributed by atoms with Crippen LogP contribution in [0.2, 0.25) is 0 Å². The highest BCUT2D eigenvalue weighted by molar-refractivity contribution is 5.79. The van der Waals surface area contributed by atoms with Crippen LogP contribution < -0.4 is 0 Å². The number of amides is 2. The number of likely N-dealkylation sites (tertiary alicyclic amines) is 2. The zero-order valence-electron chi connectivity index (χ0n) is 16.9. The summed E-state index contributed by atoms with van der Waals surface area (Å²) < 4.78 is 0. The summed E-state index contributed by atoms with van der Waals surface area (Å²) in [6.07, 6.45) is 5.33. The second-order valence-electron chi connectivity index (χ2n) is 8.50. The average molecular weight is 373 g/mol. The first-order valence-corrected chi connectivity index (χ1v) is 10.0. The number of rotatable bonds is 5. The molecule has 0 aromatic carbocycles. The second kappa shape index (κ2) is 8.38. The highest BCUT2D eigenvalue weighted by atomic mass is 16.2. The van der Waals surface area contributed by atoms with Gasteiger partial charge < -0.3 is 9.80 Å². The zero-order chi connectivity index (χ0) is 19.4. The molecule has 0 aliphatic carbocycles. The SMILES string of the molecule is CC(C)N(C)CC(=O)N1CCCC2(CCC(=O)N(Cc3ccccn3)C2)C1. The molecule has 1 unspecified atom stereocenters. The van der Waals surface area contributed by atoms with Crippen LogP contribution in [0.4, 0.5) is 0 Å². The average Bonchev–Trinajstić information content (AvgIpc) is 2.66. The highest BCUT2D eigenvalue weighted by Gasteiger charge is 2.42. The molecule has 148 valence electrons. The summed E-state index contributed by atoms with van der Waals surface area (Å²) in [6.45, 7) is 7.56. The Balaban J connectivity index is 1.65. The Labute approximate surface area is 162 Å². The van der Waals surface area contributed by atoms with E-state index >= 15 is 0 Å². The van der Waals surface area contributed by atoms with Crippen LogP contribution in [0.1, 0.15) is 45.2 Å². The van der Waals surface area contributed by atoms with E-state index in [-0.39, 0.29) is 17.2 Å². The first-order chi connectivity index (χ1) is 12.9. The lowest BCUT2D eigenvalue weighted by atomic mass is 9.73. The Morgan fingerprint density at radius 3 is 2.81 bits per heavy atom. The molecular weight excluding hydrogens is 340 g/mol. The number of hydrogen-bond donors (Lipinski definition) is 0. The molecule has 2 fully saturated rings. The minimum Gasteiger partial charge on any atom is -0.341 e. The first-order valence-electron chi connectivity index (χ1n) is 10.0. The maximum atomic E-state index is 12.8. The number of pyridine rings is 1. The lowest BCUT2D eigenvalue weighted by molar-refractivity contribution is -0.144. The topological polar surface area (TPSA) is 56.8 Å². The van der Waals surface area contributed by atoms with Crippen LogP contribution in [0, 0.1) is 5.41 Å². The number of hydrogen-bond acceptors (Lipinski definition) is 4. The molecule has 0 saturated carbocycles. The summed E-state index contributed by atoms with van der Waals surface area (Å²) in [5, 5.41) is 0. The van der Waals surface area contributed by atoms with Crippen molar-refractivity contribution >= 4 is 11.8 Å². The van der Waals surface area contributed by atoms with Crippen LogP contribution in [0.5, 0.6) is 0 Å². The predicted molar refractivity (Wildman–Crippen MR) is 105 cm³/mol. The van der Waals surface area contributed by atoms with Gasteiger partial charge in [-0.1, -0.05) is 6.07 Å². The normalized spacial score (nSPS) is 23.5. The van der Waals surface area contributed by atoms with Crippen molar-refractivity contribution in [1.29, 1.82) is 0 Å². The fraction of sp³-hybridized carbons (Fsp3) is 0.667. The number of likely N-dealkylation sites (N-methyl/N-ethyl adjacent to an activating group) is 1. The molecule has 1 spiro atoms. The molecule has 0 radical (unpaired) electrons. The Morgan fingerprint density at radius 2 is 2.11 bits per heavy atom. The molecule has 2 amide bonds. The number of carbonyl (C=O) groups is 2. The largest absolute Gasteiger partial charge is 0.341 e. The van der Waals surface area contributed by atoms with Gasteiger partial charge in [0.2, 0.25) is 11.8 Å². The van der Waals surface area contributed by atoms with Crippen LogP contribution in [0.15, 0.2) is 24.4 Å². The summed E-state index contributed by atoms with van der Waals surface area (Å²) >= 11 is 0. The first kappa shape index (κ1) is 19.8. The molecule has 6 heteroatoms. The number of piperidine rings is 2. The van der Waals surface area contributed by atoms with E-state index in [9.17, 15) is 9.59 Å². The maximum absolute atomic E-state index is 12.8. The van der Waals surface area contributed by atoms with Crippen molar-refractivity contribution in [2.75, 3.05) is 33.2 Å². The molecule has 2 aliphatic rings. The van der Waals surface area contributed by atoms with Gasteiger partial charge in [-0.2, -0.15) is 0 Å². The van der Waals surface area contributed by atoms with Crippen LogP contribution in [-0.2, 0) is 16.1 Å². The summed E-state index contributed by atoms with van der Waals surface area (Å²) in [7, 11) is 2.00. The van der Waals surface area contributed by atoms with Gasteiger partial charge in [0.15, 0.2) is 0 Å². The highest BCUT2D eigenvalue weighted by Crippen LogP contribution is 2.39. The number of aromatic nitrogens is 1. The minimum absolute atomic E-state index is 0.0347. The van der Waals surface area contributed by atoms with Crippen molar-refractivity contribution in [2.24, 2.45) is 5.41 Å². The molecule has 2 saturated heterocycles. The molecule has 3 heterocycles. The van der Waals surface area contributed by atoms with Crippen LogP contribution in [0.3, 0.4) is 0 Å². The third-order valence-corrected chi connectivity index (χ3v) is 6.11. The van der Waals surface area contributed by atoms with E-state index in [1.165, 1.54) is 0 Å². The van der Waals surface area contributed by atoms with E-state index in [1.807, 2.05) is 35.0 Å². The fourth-order valence-corrected chi connectivity index (χ4v) is 4.18. The van der Waals surface area contributed by atoms with Crippen molar-refractivity contribution in [3.05, 3.63) is 30.1 Å². The maximum Gasteiger partial charge on any atom is 0.236 e. The Kier molecular flexibility index (Phi) is 6.15. The van der Waals surface area contributed by atoms with Gasteiger partial charge in [0.1, 0.15) is 0 Å². The summed E-state index contributed by atoms with van der Waals surface area (Å²) in [5.41, 5.74) is 0.956. The third-order valence-electron chi connectivity index (χ3n) is 6.11. The molecule has 0 N–H and O–H groups in total. The molecule has 1 aromatic rings. The van der Waals surface area contributed by atoms with E-state index in [1.54, 1.807) is 6.20 Å². The molecule has 6 nitrogen and oxygen atoms in total. The van der Waals surface area contributed by atoms with Crippen LogP contribution in [-0.4, -0.2) is 70.8 Å². The van der Waals surface area contributed by atoms with E-state index in [4.69, 9.17) is 0 Å². The van der Waals surface area contributed by atoms with Crippen molar-refractivity contribution in [3.8, 4) is 0 Å². The van der Waals surface area contributed by atoms with Crippen molar-refractivity contribution in [2.45, 2.75) is 52.1 Å². The van der Waals surface area contributed by atoms with Gasteiger partial charge in [-0.25, -0.2) is 0 Å². The summed E-state index contributed by atoms with van der Waals surface area (Å²) in [6, 6.07) is 6.17. The fourth-order valence-electron chi connectivity index (χ4n) is 4.18. The Hall–Kier alpha value is -1.95. The van der Waals surface area contributed by atoms with Gasteiger partial charge in [-0.15, -0.1) is 0 Å². The Bertz CT molecular complexity index is 663. The molecular formula is C21H32N4O2. The number of carbonyl (C=O) groups excluding carboxylic acids is 2. The molecule has 1 aromatic heterocycles. The van der Waals surface area contributed by atoms with Gasteiger partial charge >= 0.3 is 0 Å². The van der Waals surface area contributed by atoms with E-state index in [0.717, 1.165) is 44.6 Å². The van der Waals surface area contributed by atoms with Crippen molar-refractivity contribution in [3.63, 3.8) is 0 Å². The predicted octanol–water partition coefficient (Wildman–Crippen LogP) is 2.15. The van der Waals surface area contributed by atoms with Crippen molar-refractivity contribution in [1.82, 2.24) is 19.7 Å².